The van der Waals surface area contributed by atoms with Gasteiger partial charge in [-0.05, 0) is 48.6 Å². The fourth-order valence-corrected chi connectivity index (χ4v) is 11.2. The van der Waals surface area contributed by atoms with Gasteiger partial charge in [-0.25, -0.2) is 4.79 Å². The second-order valence-corrected chi connectivity index (χ2v) is 17.5. The lowest BCUT2D eigenvalue weighted by Crippen LogP contribution is -2.80. The maximum atomic E-state index is 15.5. The van der Waals surface area contributed by atoms with Crippen LogP contribution in [0.4, 0.5) is 0 Å². The third-order valence-electron chi connectivity index (χ3n) is 14.0. The number of hydrogen-bond donors (Lipinski definition) is 4. The van der Waals surface area contributed by atoms with Crippen molar-refractivity contribution >= 4 is 36.9 Å². The topological polar surface area (TPSA) is 195 Å². The zero-order chi connectivity index (χ0) is 41.9. The Morgan fingerprint density at radius 2 is 1.62 bits per heavy atom. The van der Waals surface area contributed by atoms with Crippen molar-refractivity contribution in [2.24, 2.45) is 22.7 Å². The largest absolute Gasteiger partial charge is 0.456 e. The van der Waals surface area contributed by atoms with Crippen LogP contribution in [0.3, 0.4) is 0 Å². The molecule has 4 N–H and O–H groups in total. The van der Waals surface area contributed by atoms with Gasteiger partial charge in [0.15, 0.2) is 23.6 Å². The van der Waals surface area contributed by atoms with E-state index in [0.717, 1.165) is 19.7 Å². The van der Waals surface area contributed by atoms with E-state index in [9.17, 15) is 34.5 Å². The third-order valence-corrected chi connectivity index (χ3v) is 14.0. The van der Waals surface area contributed by atoms with Gasteiger partial charge in [0.25, 0.3) is 5.91 Å². The number of hydrogen-bond acceptors (Lipinski definition) is 12. The van der Waals surface area contributed by atoms with Crippen molar-refractivity contribution in [2.75, 3.05) is 6.61 Å². The molecule has 12 atom stereocenters. The molecular weight excluding hydrogens is 745 g/mol. The van der Waals surface area contributed by atoms with Gasteiger partial charge in [-0.15, -0.1) is 0 Å². The predicted molar refractivity (Wildman–Crippen MR) is 209 cm³/mol. The quantitative estimate of drug-likeness (QED) is 0.124. The highest BCUT2D eigenvalue weighted by atomic mass is 16.6. The molecular formula is C44H53BNO12. The molecule has 3 aliphatic carbocycles. The summed E-state index contributed by atoms with van der Waals surface area (Å²) >= 11 is 0. The summed E-state index contributed by atoms with van der Waals surface area (Å²) in [6.07, 6.45) is -5.09. The lowest BCUT2D eigenvalue weighted by molar-refractivity contribution is -0.340. The maximum absolute atomic E-state index is 15.5. The minimum Gasteiger partial charge on any atom is -0.456 e. The zero-order valence-corrected chi connectivity index (χ0v) is 33.8. The van der Waals surface area contributed by atoms with Gasteiger partial charge >= 0.3 is 17.9 Å². The Labute approximate surface area is 339 Å². The number of Topliss-reactive ketones (excluding diaryl/α,β-unsaturated/α-hetero) is 1. The van der Waals surface area contributed by atoms with Crippen molar-refractivity contribution in [3.05, 3.63) is 82.9 Å². The highest BCUT2D eigenvalue weighted by Gasteiger charge is 2.77. The Kier molecular flexibility index (Phi) is 11.1. The molecule has 0 spiro atoms. The van der Waals surface area contributed by atoms with Crippen LogP contribution in [0.15, 0.2) is 71.8 Å². The van der Waals surface area contributed by atoms with Gasteiger partial charge in [0.05, 0.1) is 29.8 Å². The van der Waals surface area contributed by atoms with Gasteiger partial charge in [-0.3, -0.25) is 19.2 Å². The number of carbonyl (C=O) groups excluding carboxylic acids is 5. The van der Waals surface area contributed by atoms with Gasteiger partial charge < -0.3 is 39.6 Å². The van der Waals surface area contributed by atoms with Crippen molar-refractivity contribution < 1.29 is 58.2 Å². The summed E-state index contributed by atoms with van der Waals surface area (Å²) in [5.41, 5.74) is -5.07. The maximum Gasteiger partial charge on any atom is 0.338 e. The molecule has 2 aromatic rings. The first-order valence-electron chi connectivity index (χ1n) is 20.2. The van der Waals surface area contributed by atoms with Crippen LogP contribution in [-0.4, -0.2) is 101 Å². The molecule has 13 nitrogen and oxygen atoms in total. The minimum atomic E-state index is -1.93. The molecule has 2 aliphatic heterocycles. The number of esters is 3. The Morgan fingerprint density at radius 3 is 2.19 bits per heavy atom. The molecule has 2 bridgehead atoms. The third kappa shape index (κ3) is 6.60. The molecule has 2 saturated carbocycles. The summed E-state index contributed by atoms with van der Waals surface area (Å²) in [7, 11) is 2.10. The normalized spacial score (nSPS) is 35.9. The first-order valence-corrected chi connectivity index (χ1v) is 20.2. The van der Waals surface area contributed by atoms with Crippen LogP contribution in [0, 0.1) is 22.7 Å². The van der Waals surface area contributed by atoms with E-state index in [1.165, 1.54) is 6.92 Å². The van der Waals surface area contributed by atoms with Crippen molar-refractivity contribution in [2.45, 2.75) is 127 Å². The van der Waals surface area contributed by atoms with Crippen LogP contribution in [0.2, 0.25) is 12.1 Å². The van der Waals surface area contributed by atoms with Crippen LogP contribution >= 0.6 is 0 Å². The summed E-state index contributed by atoms with van der Waals surface area (Å²) in [6.45, 7) is 9.13. The molecule has 14 heteroatoms. The molecule has 2 aromatic carbocycles. The SMILES string of the molecule is CC(=O)O[C@H]1C(=O)[C@@]2(C)[C@H]([C@H](C3[B]CCC3)[C@]3(O)C[C@H](OC(=O)[C@H](O)[C@@H](NC(=O)c4ccccc4)c4ccccc4)C(C)=C1C3(C)C)[C@]1(OC(C)=O)CO[C@@H]1C[C@@H]2O. The Hall–Kier alpha value is -4.37. The first-order chi connectivity index (χ1) is 27.4. The van der Waals surface area contributed by atoms with Gasteiger partial charge in [-0.1, -0.05) is 87.4 Å². The Balaban J connectivity index is 1.36. The summed E-state index contributed by atoms with van der Waals surface area (Å²) in [6, 6.07) is 15.6. The van der Waals surface area contributed by atoms with Crippen LogP contribution in [0.5, 0.6) is 0 Å². The Morgan fingerprint density at radius 1 is 0.966 bits per heavy atom. The number of amides is 1. The summed E-state index contributed by atoms with van der Waals surface area (Å²) < 4.78 is 24.3. The number of fused-ring (bicyclic) bond motifs is 5. The van der Waals surface area contributed by atoms with E-state index in [-0.39, 0.29) is 30.8 Å². The van der Waals surface area contributed by atoms with Crippen molar-refractivity contribution in [3.63, 3.8) is 0 Å². The molecule has 4 fully saturated rings. The first kappa shape index (κ1) is 41.8. The Bertz CT molecular complexity index is 1980. The van der Waals surface area contributed by atoms with Crippen molar-refractivity contribution in [3.8, 4) is 0 Å². The second-order valence-electron chi connectivity index (χ2n) is 17.5. The zero-order valence-electron chi connectivity index (χ0n) is 33.8. The van der Waals surface area contributed by atoms with E-state index in [1.54, 1.807) is 88.4 Å². The number of benzene rings is 2. The summed E-state index contributed by atoms with van der Waals surface area (Å²) in [5.74, 6) is -5.96. The average Bonchev–Trinajstić information content (AvgIpc) is 3.71. The van der Waals surface area contributed by atoms with Crippen molar-refractivity contribution in [1.29, 1.82) is 0 Å². The minimum absolute atomic E-state index is 0.0404. The smallest absolute Gasteiger partial charge is 0.338 e. The lowest BCUT2D eigenvalue weighted by Gasteiger charge is -2.69. The molecule has 1 radical (unpaired) electrons. The van der Waals surface area contributed by atoms with Crippen LogP contribution in [-0.2, 0) is 38.1 Å². The van der Waals surface area contributed by atoms with E-state index in [4.69, 9.17) is 18.9 Å². The number of nitrogens with one attached hydrogen (secondary N) is 1. The molecule has 0 aromatic heterocycles. The van der Waals surface area contributed by atoms with Crippen molar-refractivity contribution in [1.82, 2.24) is 5.32 Å². The number of ether oxygens (including phenoxy) is 4. The van der Waals surface area contributed by atoms with Crippen LogP contribution in [0.1, 0.15) is 89.2 Å². The van der Waals surface area contributed by atoms with E-state index >= 15 is 4.79 Å². The van der Waals surface area contributed by atoms with Gasteiger partial charge in [0.2, 0.25) is 0 Å². The summed E-state index contributed by atoms with van der Waals surface area (Å²) in [4.78, 5) is 69.1. The van der Waals surface area contributed by atoms with E-state index in [1.807, 2.05) is 0 Å². The molecule has 2 saturated heterocycles. The van der Waals surface area contributed by atoms with E-state index in [0.29, 0.717) is 23.1 Å². The highest BCUT2D eigenvalue weighted by molar-refractivity contribution is 6.38. The fourth-order valence-electron chi connectivity index (χ4n) is 11.2. The van der Waals surface area contributed by atoms with E-state index in [2.05, 4.69) is 12.6 Å². The number of ketones is 1. The molecule has 309 valence electrons. The molecule has 1 amide bonds. The number of rotatable bonds is 9. The molecule has 5 aliphatic rings. The second kappa shape index (κ2) is 15.3. The molecule has 58 heavy (non-hydrogen) atoms. The number of aliphatic hydroxyl groups excluding tert-OH is 2. The average molecular weight is 799 g/mol. The molecule has 1 unspecified atom stereocenters. The number of aliphatic hydroxyl groups is 3. The van der Waals surface area contributed by atoms with E-state index < -0.39 is 100 Å². The monoisotopic (exact) mass is 798 g/mol. The predicted octanol–water partition coefficient (Wildman–Crippen LogP) is 3.83. The summed E-state index contributed by atoms with van der Waals surface area (Å²) in [5, 5.41) is 40.4. The molecule has 7 rings (SSSR count). The fraction of sp³-hybridized carbons (Fsp3) is 0.568. The van der Waals surface area contributed by atoms with Gasteiger partial charge in [0, 0.05) is 43.6 Å². The molecule has 2 heterocycles. The lowest BCUT2D eigenvalue weighted by atomic mass is 9.38. The number of carbonyl (C=O) groups is 5. The standard InChI is InChI=1S/C44H53BNO12/c1-23-29(57-40(53)35(50)34(26-14-9-7-10-15-26)46-39(52)27-16-11-8-12-17-27)21-44(54)33(28-18-13-19-45-28)37-42(6,30(49)20-31-43(37,22-55-31)58-25(3)48)38(51)36(56-24(2)47)32(23)41(44,4)5/h7-12,14-17,28-31,33-37,49-50,54H,13,18-22H2,1-6H3,(H,46,52)/t28?,29-,30-,31+,33-,34-,35+,36+,37-,42+,43-,44+/m0/s1. The van der Waals surface area contributed by atoms with Crippen LogP contribution in [0.25, 0.3) is 0 Å². The van der Waals surface area contributed by atoms with Crippen LogP contribution < -0.4 is 5.32 Å². The van der Waals surface area contributed by atoms with Gasteiger partial charge in [-0.2, -0.15) is 0 Å². The van der Waals surface area contributed by atoms with Gasteiger partial charge in [0.1, 0.15) is 19.5 Å². The highest BCUT2D eigenvalue weighted by Crippen LogP contribution is 2.68.